The number of nitrogen functional groups attached to an aromatic ring is 1. The van der Waals surface area contributed by atoms with E-state index in [9.17, 15) is 0 Å². The lowest BCUT2D eigenvalue weighted by Crippen LogP contribution is -2.06. The van der Waals surface area contributed by atoms with Gasteiger partial charge in [0.2, 0.25) is 0 Å². The van der Waals surface area contributed by atoms with Gasteiger partial charge in [-0.2, -0.15) is 0 Å². The maximum absolute atomic E-state index is 6.05. The lowest BCUT2D eigenvalue weighted by atomic mass is 10.0. The van der Waals surface area contributed by atoms with Gasteiger partial charge in [-0.25, -0.2) is 9.97 Å². The maximum Gasteiger partial charge on any atom is 0.161 e. The molecular formula is C14H16IN3. The number of hydrogen-bond acceptors (Lipinski definition) is 3. The van der Waals surface area contributed by atoms with Gasteiger partial charge in [0.15, 0.2) is 5.82 Å². The lowest BCUT2D eigenvalue weighted by molar-refractivity contribution is 0.836. The Morgan fingerprint density at radius 1 is 1.22 bits per heavy atom. The van der Waals surface area contributed by atoms with Crippen LogP contribution in [-0.4, -0.2) is 9.97 Å². The van der Waals surface area contributed by atoms with Crippen molar-refractivity contribution in [2.45, 2.75) is 26.7 Å². The molecule has 94 valence electrons. The topological polar surface area (TPSA) is 51.8 Å². The number of halogens is 1. The van der Waals surface area contributed by atoms with Gasteiger partial charge < -0.3 is 5.73 Å². The quantitative estimate of drug-likeness (QED) is 0.837. The Balaban J connectivity index is 2.55. The van der Waals surface area contributed by atoms with Crippen molar-refractivity contribution in [3.05, 3.63) is 39.1 Å². The van der Waals surface area contributed by atoms with E-state index in [1.165, 1.54) is 0 Å². The number of nitrogens with zero attached hydrogens (tertiary/aromatic N) is 2. The number of rotatable bonds is 2. The molecule has 0 aliphatic carbocycles. The summed E-state index contributed by atoms with van der Waals surface area (Å²) >= 11 is 2.28. The molecule has 0 atom stereocenters. The van der Waals surface area contributed by atoms with Gasteiger partial charge in [-0.05, 0) is 47.6 Å². The Labute approximate surface area is 121 Å². The van der Waals surface area contributed by atoms with Gasteiger partial charge in [-0.1, -0.05) is 26.0 Å². The Morgan fingerprint density at radius 3 is 2.50 bits per heavy atom. The predicted octanol–water partition coefficient (Wildman–Crippen LogP) is 3.76. The first-order valence-corrected chi connectivity index (χ1v) is 6.97. The highest BCUT2D eigenvalue weighted by molar-refractivity contribution is 14.1. The molecule has 0 saturated carbocycles. The molecule has 18 heavy (non-hydrogen) atoms. The zero-order chi connectivity index (χ0) is 13.3. The fraction of sp³-hybridized carbons (Fsp3) is 0.286. The number of hydrogen-bond donors (Lipinski definition) is 1. The van der Waals surface area contributed by atoms with E-state index in [0.29, 0.717) is 17.6 Å². The fourth-order valence-corrected chi connectivity index (χ4v) is 2.62. The van der Waals surface area contributed by atoms with E-state index >= 15 is 0 Å². The molecular weight excluding hydrogens is 337 g/mol. The minimum Gasteiger partial charge on any atom is -0.383 e. The second-order valence-electron chi connectivity index (χ2n) is 4.60. The molecule has 0 aliphatic heterocycles. The van der Waals surface area contributed by atoms with Gasteiger partial charge in [-0.15, -0.1) is 0 Å². The van der Waals surface area contributed by atoms with E-state index in [0.717, 1.165) is 20.4 Å². The second kappa shape index (κ2) is 5.22. The largest absolute Gasteiger partial charge is 0.383 e. The minimum absolute atomic E-state index is 0.343. The first-order chi connectivity index (χ1) is 8.49. The van der Waals surface area contributed by atoms with Crippen LogP contribution in [0.25, 0.3) is 11.4 Å². The monoisotopic (exact) mass is 353 g/mol. The first kappa shape index (κ1) is 13.3. The Kier molecular flexibility index (Phi) is 3.85. The van der Waals surface area contributed by atoms with Gasteiger partial charge in [0.25, 0.3) is 0 Å². The first-order valence-electron chi connectivity index (χ1n) is 5.89. The zero-order valence-corrected chi connectivity index (χ0v) is 12.9. The highest BCUT2D eigenvalue weighted by Gasteiger charge is 2.13. The minimum atomic E-state index is 0.343. The van der Waals surface area contributed by atoms with Gasteiger partial charge in [0, 0.05) is 20.4 Å². The third-order valence-corrected chi connectivity index (χ3v) is 3.50. The zero-order valence-electron chi connectivity index (χ0n) is 10.7. The van der Waals surface area contributed by atoms with Crippen molar-refractivity contribution in [2.75, 3.05) is 5.73 Å². The molecule has 0 fully saturated rings. The second-order valence-corrected chi connectivity index (χ2v) is 5.84. The number of benzene rings is 1. The molecule has 2 N–H and O–H groups in total. The van der Waals surface area contributed by atoms with Crippen LogP contribution < -0.4 is 5.73 Å². The predicted molar refractivity (Wildman–Crippen MR) is 83.4 cm³/mol. The molecule has 1 aromatic heterocycles. The Morgan fingerprint density at radius 2 is 1.94 bits per heavy atom. The number of aromatic nitrogens is 2. The molecule has 2 rings (SSSR count). The molecule has 0 bridgehead atoms. The van der Waals surface area contributed by atoms with Crippen LogP contribution in [0.2, 0.25) is 0 Å². The molecule has 1 aromatic carbocycles. The summed E-state index contributed by atoms with van der Waals surface area (Å²) in [6.45, 7) is 6.20. The Bertz CT molecular complexity index is 556. The van der Waals surface area contributed by atoms with Crippen LogP contribution >= 0.6 is 22.6 Å². The van der Waals surface area contributed by atoms with Crippen LogP contribution in [0.3, 0.4) is 0 Å². The van der Waals surface area contributed by atoms with E-state index in [2.05, 4.69) is 52.5 Å². The van der Waals surface area contributed by atoms with E-state index in [1.54, 1.807) is 0 Å². The van der Waals surface area contributed by atoms with E-state index in [4.69, 9.17) is 5.73 Å². The van der Waals surface area contributed by atoms with Gasteiger partial charge in [0.1, 0.15) is 5.82 Å². The highest BCUT2D eigenvalue weighted by atomic mass is 127. The molecule has 0 unspecified atom stereocenters. The molecule has 3 nitrogen and oxygen atoms in total. The van der Waals surface area contributed by atoms with Crippen molar-refractivity contribution < 1.29 is 0 Å². The number of aryl methyl sites for hydroxylation is 1. The summed E-state index contributed by atoms with van der Waals surface area (Å²) in [6, 6.07) is 8.11. The molecule has 1 heterocycles. The SMILES string of the molecule is Cc1nc(-c2cccc(I)c2)nc(N)c1C(C)C. The standard InChI is InChI=1S/C14H16IN3/c1-8(2)12-9(3)17-14(18-13(12)16)10-5-4-6-11(15)7-10/h4-8H,1-3H3,(H2,16,17,18). The molecule has 0 amide bonds. The average molecular weight is 353 g/mol. The normalized spacial score (nSPS) is 10.9. The molecule has 2 aromatic rings. The van der Waals surface area contributed by atoms with Crippen LogP contribution in [0.1, 0.15) is 31.0 Å². The molecule has 0 aliphatic rings. The van der Waals surface area contributed by atoms with Gasteiger partial charge in [0.05, 0.1) is 0 Å². The van der Waals surface area contributed by atoms with Crippen molar-refractivity contribution in [3.8, 4) is 11.4 Å². The lowest BCUT2D eigenvalue weighted by Gasteiger charge is -2.13. The highest BCUT2D eigenvalue weighted by Crippen LogP contribution is 2.26. The van der Waals surface area contributed by atoms with Crippen molar-refractivity contribution in [3.63, 3.8) is 0 Å². The summed E-state index contributed by atoms with van der Waals surface area (Å²) in [6.07, 6.45) is 0. The van der Waals surface area contributed by atoms with E-state index < -0.39 is 0 Å². The van der Waals surface area contributed by atoms with Gasteiger partial charge >= 0.3 is 0 Å². The molecule has 0 radical (unpaired) electrons. The van der Waals surface area contributed by atoms with Crippen LogP contribution in [0.15, 0.2) is 24.3 Å². The third-order valence-electron chi connectivity index (χ3n) is 2.83. The van der Waals surface area contributed by atoms with Gasteiger partial charge in [-0.3, -0.25) is 0 Å². The summed E-state index contributed by atoms with van der Waals surface area (Å²) < 4.78 is 1.16. The van der Waals surface area contributed by atoms with Crippen molar-refractivity contribution in [2.24, 2.45) is 0 Å². The van der Waals surface area contributed by atoms with Crippen LogP contribution in [0, 0.1) is 10.5 Å². The number of nitrogens with two attached hydrogens (primary N) is 1. The fourth-order valence-electron chi connectivity index (χ4n) is 2.07. The summed E-state index contributed by atoms with van der Waals surface area (Å²) in [5.74, 6) is 1.63. The van der Waals surface area contributed by atoms with E-state index in [1.807, 2.05) is 25.1 Å². The molecule has 0 spiro atoms. The summed E-state index contributed by atoms with van der Waals surface area (Å²) in [4.78, 5) is 9.00. The number of anilines is 1. The van der Waals surface area contributed by atoms with Crippen molar-refractivity contribution >= 4 is 28.4 Å². The van der Waals surface area contributed by atoms with Crippen molar-refractivity contribution in [1.82, 2.24) is 9.97 Å². The smallest absolute Gasteiger partial charge is 0.161 e. The third kappa shape index (κ3) is 2.63. The summed E-state index contributed by atoms with van der Waals surface area (Å²) in [7, 11) is 0. The van der Waals surface area contributed by atoms with Crippen molar-refractivity contribution in [1.29, 1.82) is 0 Å². The van der Waals surface area contributed by atoms with Crippen LogP contribution in [0.5, 0.6) is 0 Å². The molecule has 4 heteroatoms. The summed E-state index contributed by atoms with van der Waals surface area (Å²) in [5, 5.41) is 0. The molecule has 0 saturated heterocycles. The maximum atomic E-state index is 6.05. The van der Waals surface area contributed by atoms with Crippen LogP contribution in [0.4, 0.5) is 5.82 Å². The Hall–Kier alpha value is -1.17. The van der Waals surface area contributed by atoms with E-state index in [-0.39, 0.29) is 0 Å². The average Bonchev–Trinajstić information content (AvgIpc) is 2.27. The summed E-state index contributed by atoms with van der Waals surface area (Å²) in [5.41, 5.74) is 9.06. The van der Waals surface area contributed by atoms with Crippen LogP contribution in [-0.2, 0) is 0 Å².